The van der Waals surface area contributed by atoms with Gasteiger partial charge in [0.15, 0.2) is 0 Å². The first kappa shape index (κ1) is 16.8. The number of likely N-dealkylation sites (tertiary alicyclic amines) is 1. The molecule has 1 N–H and O–H groups in total. The largest absolute Gasteiger partial charge is 0.508 e. The lowest BCUT2D eigenvalue weighted by Gasteiger charge is -2.51. The van der Waals surface area contributed by atoms with Gasteiger partial charge in [0.1, 0.15) is 5.75 Å². The number of benzene rings is 2. The Balaban J connectivity index is 1.48. The van der Waals surface area contributed by atoms with E-state index in [1.807, 2.05) is 30.3 Å². The Kier molecular flexibility index (Phi) is 4.15. The van der Waals surface area contributed by atoms with Crippen LogP contribution in [-0.4, -0.2) is 46.6 Å². The molecule has 4 aliphatic heterocycles. The van der Waals surface area contributed by atoms with Crippen LogP contribution in [0.2, 0.25) is 0 Å². The molecule has 0 saturated carbocycles. The van der Waals surface area contributed by atoms with Gasteiger partial charge in [-0.3, -0.25) is 9.80 Å². The minimum Gasteiger partial charge on any atom is -0.508 e. The summed E-state index contributed by atoms with van der Waals surface area (Å²) in [5.74, 6) is 1.56. The van der Waals surface area contributed by atoms with Gasteiger partial charge in [0.2, 0.25) is 0 Å². The van der Waals surface area contributed by atoms with Crippen molar-refractivity contribution in [2.45, 2.75) is 37.4 Å². The van der Waals surface area contributed by atoms with Crippen LogP contribution in [0.15, 0.2) is 48.5 Å². The maximum Gasteiger partial charge on any atom is 0.115 e. The molecule has 138 valence electrons. The number of nitriles is 1. The van der Waals surface area contributed by atoms with Gasteiger partial charge < -0.3 is 5.11 Å². The highest BCUT2D eigenvalue weighted by Crippen LogP contribution is 2.47. The maximum absolute atomic E-state index is 10.0. The summed E-state index contributed by atoms with van der Waals surface area (Å²) < 4.78 is 0. The van der Waals surface area contributed by atoms with Gasteiger partial charge in [-0.2, -0.15) is 5.26 Å². The number of nitrogens with zero attached hydrogens (tertiary/aromatic N) is 3. The number of fused-ring (bicyclic) bond motifs is 2. The Labute approximate surface area is 160 Å². The Bertz CT molecular complexity index is 881. The summed E-state index contributed by atoms with van der Waals surface area (Å²) in [6, 6.07) is 19.3. The zero-order valence-electron chi connectivity index (χ0n) is 15.5. The normalized spacial score (nSPS) is 32.2. The third-order valence-electron chi connectivity index (χ3n) is 6.83. The second-order valence-electron chi connectivity index (χ2n) is 8.30. The molecule has 0 radical (unpaired) electrons. The van der Waals surface area contributed by atoms with Crippen molar-refractivity contribution < 1.29 is 5.11 Å². The van der Waals surface area contributed by atoms with Gasteiger partial charge >= 0.3 is 0 Å². The number of rotatable bonds is 3. The van der Waals surface area contributed by atoms with E-state index in [1.165, 1.54) is 37.1 Å². The van der Waals surface area contributed by atoms with Crippen LogP contribution in [0.4, 0.5) is 0 Å². The molecule has 4 saturated heterocycles. The molecule has 2 aromatic carbocycles. The third-order valence-corrected chi connectivity index (χ3v) is 6.83. The van der Waals surface area contributed by atoms with Crippen molar-refractivity contribution >= 4 is 0 Å². The van der Waals surface area contributed by atoms with Crippen molar-refractivity contribution in [2.75, 3.05) is 19.6 Å². The average Bonchev–Trinajstić information content (AvgIpc) is 3.11. The summed E-state index contributed by atoms with van der Waals surface area (Å²) in [6.45, 7) is 4.33. The predicted octanol–water partition coefficient (Wildman–Crippen LogP) is 3.33. The molecule has 4 heteroatoms. The second kappa shape index (κ2) is 6.67. The Morgan fingerprint density at radius 2 is 1.85 bits per heavy atom. The molecule has 4 fully saturated rings. The summed E-state index contributed by atoms with van der Waals surface area (Å²) in [6.07, 6.45) is 2.59. The Hall–Kier alpha value is -2.35. The molecule has 0 aliphatic carbocycles. The quantitative estimate of drug-likeness (QED) is 0.913. The van der Waals surface area contributed by atoms with Gasteiger partial charge in [-0.15, -0.1) is 0 Å². The third kappa shape index (κ3) is 2.92. The lowest BCUT2D eigenvalue weighted by atomic mass is 9.75. The first-order valence-corrected chi connectivity index (χ1v) is 9.99. The van der Waals surface area contributed by atoms with Crippen molar-refractivity contribution in [2.24, 2.45) is 5.92 Å². The Morgan fingerprint density at radius 3 is 2.63 bits per heavy atom. The van der Waals surface area contributed by atoms with Crippen molar-refractivity contribution in [3.8, 4) is 11.8 Å². The zero-order valence-corrected chi connectivity index (χ0v) is 15.5. The smallest absolute Gasteiger partial charge is 0.115 e. The number of aromatic hydroxyl groups is 1. The molecular formula is C23H25N3O. The van der Waals surface area contributed by atoms with Crippen molar-refractivity contribution in [3.63, 3.8) is 0 Å². The molecule has 0 aromatic heterocycles. The van der Waals surface area contributed by atoms with Crippen LogP contribution in [0.1, 0.15) is 35.4 Å². The fourth-order valence-corrected chi connectivity index (χ4v) is 5.74. The molecule has 3 atom stereocenters. The van der Waals surface area contributed by atoms with Crippen molar-refractivity contribution in [3.05, 3.63) is 65.2 Å². The highest BCUT2D eigenvalue weighted by atomic mass is 16.3. The van der Waals surface area contributed by atoms with Crippen LogP contribution in [0.5, 0.6) is 5.75 Å². The number of hydrogen-bond donors (Lipinski definition) is 1. The van der Waals surface area contributed by atoms with Crippen molar-refractivity contribution in [1.82, 2.24) is 9.80 Å². The molecule has 2 bridgehead atoms. The molecular weight excluding hydrogens is 334 g/mol. The monoisotopic (exact) mass is 359 g/mol. The maximum atomic E-state index is 10.0. The SMILES string of the molecule is N#Cc1cccc(CN2C[C@@H](c3cccc(O)c3)[C@@H]3[C@H]2C2CCN3CC2)c1. The standard InChI is InChI=1S/C23H25N3O/c24-13-16-3-1-4-17(11-16)14-26-15-21(19-5-2-6-20(27)12-19)23-22(26)18-7-9-25(23)10-8-18/h1-6,11-12,18,21-23,27H,7-10,14-15H2/t21-,22+,23+/m0/s1. The number of piperidine rings is 3. The van der Waals surface area contributed by atoms with Gasteiger partial charge in [-0.1, -0.05) is 24.3 Å². The number of phenolic OH excluding ortho intramolecular Hbond substituents is 1. The number of phenols is 1. The van der Waals surface area contributed by atoms with E-state index in [1.54, 1.807) is 6.07 Å². The van der Waals surface area contributed by atoms with Gasteiger partial charge in [0, 0.05) is 31.1 Å². The van der Waals surface area contributed by atoms with Gasteiger partial charge in [-0.05, 0) is 67.2 Å². The van der Waals surface area contributed by atoms with E-state index in [0.717, 1.165) is 24.6 Å². The summed E-state index contributed by atoms with van der Waals surface area (Å²) in [4.78, 5) is 5.33. The lowest BCUT2D eigenvalue weighted by molar-refractivity contribution is -0.00869. The molecule has 6 rings (SSSR count). The van der Waals surface area contributed by atoms with Crippen LogP contribution in [0.3, 0.4) is 0 Å². The first-order chi connectivity index (χ1) is 13.2. The minimum absolute atomic E-state index is 0.361. The van der Waals surface area contributed by atoms with Gasteiger partial charge in [0.05, 0.1) is 11.6 Å². The molecule has 27 heavy (non-hydrogen) atoms. The van der Waals surface area contributed by atoms with E-state index in [9.17, 15) is 10.4 Å². The fourth-order valence-electron chi connectivity index (χ4n) is 5.74. The molecule has 0 unspecified atom stereocenters. The van der Waals surface area contributed by atoms with Crippen LogP contribution in [0, 0.1) is 17.2 Å². The highest BCUT2D eigenvalue weighted by molar-refractivity contribution is 5.35. The van der Waals surface area contributed by atoms with E-state index in [4.69, 9.17) is 0 Å². The van der Waals surface area contributed by atoms with E-state index in [0.29, 0.717) is 23.8 Å². The Morgan fingerprint density at radius 1 is 1.04 bits per heavy atom. The van der Waals surface area contributed by atoms with Crippen LogP contribution < -0.4 is 0 Å². The van der Waals surface area contributed by atoms with E-state index < -0.39 is 0 Å². The van der Waals surface area contributed by atoms with Gasteiger partial charge in [-0.25, -0.2) is 0 Å². The highest BCUT2D eigenvalue weighted by Gasteiger charge is 2.53. The van der Waals surface area contributed by atoms with Gasteiger partial charge in [0.25, 0.3) is 0 Å². The average molecular weight is 359 g/mol. The molecule has 4 heterocycles. The van der Waals surface area contributed by atoms with E-state index in [-0.39, 0.29) is 0 Å². The summed E-state index contributed by atoms with van der Waals surface area (Å²) >= 11 is 0. The van der Waals surface area contributed by atoms with E-state index >= 15 is 0 Å². The zero-order chi connectivity index (χ0) is 18.4. The molecule has 4 aliphatic rings. The minimum atomic E-state index is 0.361. The summed E-state index contributed by atoms with van der Waals surface area (Å²) in [5.41, 5.74) is 3.22. The fraction of sp³-hybridized carbons (Fsp3) is 0.435. The van der Waals surface area contributed by atoms with E-state index in [2.05, 4.69) is 28.0 Å². The molecule has 0 amide bonds. The second-order valence-corrected chi connectivity index (χ2v) is 8.30. The topological polar surface area (TPSA) is 50.5 Å². The van der Waals surface area contributed by atoms with Crippen LogP contribution in [0.25, 0.3) is 0 Å². The lowest BCUT2D eigenvalue weighted by Crippen LogP contribution is -2.59. The molecule has 0 spiro atoms. The van der Waals surface area contributed by atoms with Crippen LogP contribution in [-0.2, 0) is 6.54 Å². The first-order valence-electron chi connectivity index (χ1n) is 9.99. The predicted molar refractivity (Wildman–Crippen MR) is 104 cm³/mol. The molecule has 2 aromatic rings. The van der Waals surface area contributed by atoms with Crippen LogP contribution >= 0.6 is 0 Å². The number of hydrogen-bond acceptors (Lipinski definition) is 4. The van der Waals surface area contributed by atoms with Crippen molar-refractivity contribution in [1.29, 1.82) is 5.26 Å². The summed E-state index contributed by atoms with van der Waals surface area (Å²) in [7, 11) is 0. The molecule has 4 nitrogen and oxygen atoms in total. The summed E-state index contributed by atoms with van der Waals surface area (Å²) in [5, 5.41) is 19.2.